The van der Waals surface area contributed by atoms with Crippen LogP contribution in [0.15, 0.2) is 41.3 Å². The molecule has 1 N–H and O–H groups in total. The van der Waals surface area contributed by atoms with Gasteiger partial charge in [-0.3, -0.25) is 4.72 Å². The first-order chi connectivity index (χ1) is 10.4. The maximum atomic E-state index is 13.3. The average Bonchev–Trinajstić information content (AvgIpc) is 2.47. The molecule has 0 unspecified atom stereocenters. The van der Waals surface area contributed by atoms with Gasteiger partial charge in [0.05, 0.1) is 24.8 Å². The van der Waals surface area contributed by atoms with Crippen molar-refractivity contribution in [2.24, 2.45) is 0 Å². The summed E-state index contributed by atoms with van der Waals surface area (Å²) in [4.78, 5) is -0.225. The minimum Gasteiger partial charge on any atom is -0.495 e. The first-order valence-corrected chi connectivity index (χ1v) is 7.55. The molecule has 0 fully saturated rings. The highest BCUT2D eigenvalue weighted by molar-refractivity contribution is 7.92. The van der Waals surface area contributed by atoms with Crippen LogP contribution in [0.1, 0.15) is 0 Å². The Balaban J connectivity index is 2.42. The lowest BCUT2D eigenvalue weighted by Crippen LogP contribution is -2.14. The van der Waals surface area contributed by atoms with Crippen molar-refractivity contribution >= 4 is 15.7 Å². The number of halogens is 2. The maximum Gasteiger partial charge on any atom is 0.262 e. The summed E-state index contributed by atoms with van der Waals surface area (Å²) in [7, 11) is -1.51. The first kappa shape index (κ1) is 16.0. The molecule has 0 heterocycles. The fraction of sp³-hybridized carbons (Fsp3) is 0.143. The molecule has 0 radical (unpaired) electrons. The van der Waals surface area contributed by atoms with Crippen molar-refractivity contribution in [3.63, 3.8) is 0 Å². The molecule has 0 aliphatic rings. The van der Waals surface area contributed by atoms with Crippen LogP contribution >= 0.6 is 0 Å². The molecule has 0 aromatic heterocycles. The molecule has 0 saturated carbocycles. The van der Waals surface area contributed by atoms with E-state index in [4.69, 9.17) is 9.47 Å². The topological polar surface area (TPSA) is 64.6 Å². The van der Waals surface area contributed by atoms with Crippen LogP contribution in [0.25, 0.3) is 0 Å². The fourth-order valence-electron chi connectivity index (χ4n) is 1.77. The van der Waals surface area contributed by atoms with Crippen molar-refractivity contribution in [1.82, 2.24) is 0 Å². The van der Waals surface area contributed by atoms with Crippen LogP contribution in [0, 0.1) is 11.6 Å². The van der Waals surface area contributed by atoms with Gasteiger partial charge in [0.15, 0.2) is 11.6 Å². The van der Waals surface area contributed by atoms with Crippen LogP contribution in [0.2, 0.25) is 0 Å². The third-order valence-corrected chi connectivity index (χ3v) is 4.20. The summed E-state index contributed by atoms with van der Waals surface area (Å²) in [6, 6.07) is 6.48. The van der Waals surface area contributed by atoms with Crippen LogP contribution in [0.3, 0.4) is 0 Å². The highest BCUT2D eigenvalue weighted by Gasteiger charge is 2.19. The van der Waals surface area contributed by atoms with Gasteiger partial charge in [-0.25, -0.2) is 17.2 Å². The second-order valence-electron chi connectivity index (χ2n) is 4.25. The number of nitrogens with one attached hydrogen (secondary N) is 1. The number of ether oxygens (including phenoxy) is 2. The van der Waals surface area contributed by atoms with Gasteiger partial charge in [0.1, 0.15) is 11.6 Å². The van der Waals surface area contributed by atoms with Crippen molar-refractivity contribution < 1.29 is 26.7 Å². The summed E-state index contributed by atoms with van der Waals surface area (Å²) >= 11 is 0. The minimum absolute atomic E-state index is 0.0641. The molecular weight excluding hydrogens is 316 g/mol. The molecule has 2 rings (SSSR count). The molecule has 8 heteroatoms. The van der Waals surface area contributed by atoms with Gasteiger partial charge in [-0.05, 0) is 24.3 Å². The lowest BCUT2D eigenvalue weighted by Gasteiger charge is -2.12. The van der Waals surface area contributed by atoms with E-state index in [-0.39, 0.29) is 22.1 Å². The molecule has 2 aromatic rings. The second kappa shape index (κ2) is 6.18. The van der Waals surface area contributed by atoms with E-state index < -0.39 is 21.7 Å². The summed E-state index contributed by atoms with van der Waals surface area (Å²) < 4.78 is 63.1. The third-order valence-electron chi connectivity index (χ3n) is 2.84. The zero-order chi connectivity index (χ0) is 16.3. The van der Waals surface area contributed by atoms with Gasteiger partial charge >= 0.3 is 0 Å². The Morgan fingerprint density at radius 1 is 0.955 bits per heavy atom. The van der Waals surface area contributed by atoms with Crippen LogP contribution in [-0.2, 0) is 10.0 Å². The standard InChI is InChI=1S/C14H13F2NO4S/c1-20-13-6-3-9(15)7-12(13)17-22(18,19)10-4-5-11(16)14(8-10)21-2/h3-8,17H,1-2H3. The third kappa shape index (κ3) is 3.28. The lowest BCUT2D eigenvalue weighted by atomic mass is 10.3. The molecule has 0 amide bonds. The summed E-state index contributed by atoms with van der Waals surface area (Å²) in [6.07, 6.45) is 0. The number of methoxy groups -OCH3 is 2. The Morgan fingerprint density at radius 2 is 1.64 bits per heavy atom. The quantitative estimate of drug-likeness (QED) is 0.916. The summed E-state index contributed by atoms with van der Waals surface area (Å²) in [5.74, 6) is -1.38. The molecule has 0 atom stereocenters. The van der Waals surface area contributed by atoms with E-state index in [2.05, 4.69) is 4.72 Å². The van der Waals surface area contributed by atoms with Crippen molar-refractivity contribution in [2.75, 3.05) is 18.9 Å². The lowest BCUT2D eigenvalue weighted by molar-refractivity contribution is 0.385. The van der Waals surface area contributed by atoms with Crippen LogP contribution in [0.5, 0.6) is 11.5 Å². The van der Waals surface area contributed by atoms with Gasteiger partial charge in [0.25, 0.3) is 10.0 Å². The number of hydrogen-bond acceptors (Lipinski definition) is 4. The second-order valence-corrected chi connectivity index (χ2v) is 5.93. The highest BCUT2D eigenvalue weighted by Crippen LogP contribution is 2.29. The minimum atomic E-state index is -4.06. The van der Waals surface area contributed by atoms with Crippen LogP contribution in [0.4, 0.5) is 14.5 Å². The zero-order valence-electron chi connectivity index (χ0n) is 11.8. The van der Waals surface area contributed by atoms with Gasteiger partial charge < -0.3 is 9.47 Å². The Labute approximate surface area is 126 Å². The van der Waals surface area contributed by atoms with E-state index in [0.717, 1.165) is 30.3 Å². The van der Waals surface area contributed by atoms with Gasteiger partial charge in [-0.2, -0.15) is 0 Å². The number of hydrogen-bond donors (Lipinski definition) is 1. The largest absolute Gasteiger partial charge is 0.495 e. The van der Waals surface area contributed by atoms with Crippen molar-refractivity contribution in [3.05, 3.63) is 48.0 Å². The van der Waals surface area contributed by atoms with Crippen molar-refractivity contribution in [3.8, 4) is 11.5 Å². The summed E-state index contributed by atoms with van der Waals surface area (Å²) in [5, 5.41) is 0. The Kier molecular flexibility index (Phi) is 4.51. The monoisotopic (exact) mass is 329 g/mol. The Hall–Kier alpha value is -2.35. The predicted molar refractivity (Wildman–Crippen MR) is 76.7 cm³/mol. The molecule has 0 bridgehead atoms. The molecule has 0 aliphatic heterocycles. The predicted octanol–water partition coefficient (Wildman–Crippen LogP) is 2.78. The van der Waals surface area contributed by atoms with E-state index in [1.54, 1.807) is 0 Å². The smallest absolute Gasteiger partial charge is 0.262 e. The van der Waals surface area contributed by atoms with Crippen LogP contribution in [-0.4, -0.2) is 22.6 Å². The molecule has 5 nitrogen and oxygen atoms in total. The van der Waals surface area contributed by atoms with Crippen LogP contribution < -0.4 is 14.2 Å². The Morgan fingerprint density at radius 3 is 2.27 bits per heavy atom. The number of anilines is 1. The van der Waals surface area contributed by atoms with E-state index >= 15 is 0 Å². The molecular formula is C14H13F2NO4S. The summed E-state index contributed by atoms with van der Waals surface area (Å²) in [5.41, 5.74) is -0.0641. The SMILES string of the molecule is COc1cc(S(=O)(=O)Nc2cc(F)ccc2OC)ccc1F. The molecule has 0 saturated heterocycles. The average molecular weight is 329 g/mol. The Bertz CT molecular complexity index is 793. The molecule has 2 aromatic carbocycles. The summed E-state index contributed by atoms with van der Waals surface area (Å²) in [6.45, 7) is 0. The normalized spacial score (nSPS) is 11.1. The zero-order valence-corrected chi connectivity index (χ0v) is 12.6. The van der Waals surface area contributed by atoms with E-state index in [1.165, 1.54) is 20.3 Å². The molecule has 22 heavy (non-hydrogen) atoms. The van der Waals surface area contributed by atoms with E-state index in [1.807, 2.05) is 0 Å². The first-order valence-electron chi connectivity index (χ1n) is 6.07. The van der Waals surface area contributed by atoms with Gasteiger partial charge in [0.2, 0.25) is 0 Å². The molecule has 0 aliphatic carbocycles. The van der Waals surface area contributed by atoms with Crippen molar-refractivity contribution in [2.45, 2.75) is 4.90 Å². The number of benzene rings is 2. The fourth-order valence-corrected chi connectivity index (χ4v) is 2.85. The van der Waals surface area contributed by atoms with Gasteiger partial charge in [-0.1, -0.05) is 0 Å². The van der Waals surface area contributed by atoms with Gasteiger partial charge in [-0.15, -0.1) is 0 Å². The number of rotatable bonds is 5. The van der Waals surface area contributed by atoms with Gasteiger partial charge in [0, 0.05) is 12.1 Å². The molecule has 118 valence electrons. The molecule has 0 spiro atoms. The van der Waals surface area contributed by atoms with Crippen molar-refractivity contribution in [1.29, 1.82) is 0 Å². The maximum absolute atomic E-state index is 13.3. The van der Waals surface area contributed by atoms with E-state index in [0.29, 0.717) is 0 Å². The van der Waals surface area contributed by atoms with E-state index in [9.17, 15) is 17.2 Å². The highest BCUT2D eigenvalue weighted by atomic mass is 32.2. The number of sulfonamides is 1.